The molecule has 0 spiro atoms. The van der Waals surface area contributed by atoms with Gasteiger partial charge in [-0.15, -0.1) is 0 Å². The van der Waals surface area contributed by atoms with Crippen molar-refractivity contribution in [3.05, 3.63) is 12.1 Å². The first-order chi connectivity index (χ1) is 5.83. The molecule has 1 aromatic carbocycles. The average molecular weight is 273 g/mol. The van der Waals surface area contributed by atoms with E-state index in [2.05, 4.69) is 15.4 Å². The van der Waals surface area contributed by atoms with Crippen LogP contribution in [0.1, 0.15) is 0 Å². The smallest absolute Gasteiger partial charge is 0.503 e. The monoisotopic (exact) mass is 272 g/mol. The van der Waals surface area contributed by atoms with Crippen molar-refractivity contribution in [2.24, 2.45) is 0 Å². The first kappa shape index (κ1) is 10.0. The van der Waals surface area contributed by atoms with Crippen LogP contribution >= 0.6 is 0 Å². The summed E-state index contributed by atoms with van der Waals surface area (Å²) in [6, 6.07) is 3.36. The largest absolute Gasteiger partial charge is 1.00 e. The van der Waals surface area contributed by atoms with Gasteiger partial charge in [-0.3, -0.25) is 0 Å². The van der Waals surface area contributed by atoms with E-state index in [0.717, 1.165) is 0 Å². The topological polar surface area (TPSA) is 71.0 Å². The predicted molar refractivity (Wildman–Crippen MR) is 42.1 cm³/mol. The van der Waals surface area contributed by atoms with Crippen LogP contribution in [0.2, 0.25) is 0 Å². The Morgan fingerprint density at radius 3 is 2.85 bits per heavy atom. The second-order valence-corrected chi connectivity index (χ2v) is 2.31. The number of rotatable bonds is 1. The average Bonchev–Trinajstić information content (AvgIpc) is 2.53. The number of fused-ring (bicyclic) bond motifs is 1. The molecule has 1 aromatic heterocycles. The van der Waals surface area contributed by atoms with Gasteiger partial charge in [0, 0.05) is 0 Å². The summed E-state index contributed by atoms with van der Waals surface area (Å²) in [5.74, 6) is 0.417. The summed E-state index contributed by atoms with van der Waals surface area (Å²) < 4.78 is 4.89. The van der Waals surface area contributed by atoms with E-state index in [4.69, 9.17) is 4.74 Å². The van der Waals surface area contributed by atoms with Crippen LogP contribution in [0, 0.1) is 0 Å². The van der Waals surface area contributed by atoms with E-state index in [1.54, 1.807) is 12.1 Å². The Bertz CT molecular complexity index is 415. The van der Waals surface area contributed by atoms with Crippen molar-refractivity contribution >= 4 is 11.0 Å². The number of nitrogens with one attached hydrogen (secondary N) is 1. The minimum Gasteiger partial charge on any atom is -0.503 e. The molecule has 0 aliphatic rings. The number of ether oxygens (including phenoxy) is 1. The molecule has 5 nitrogen and oxygen atoms in total. The number of H-pyrrole nitrogens is 1. The molecule has 0 saturated carbocycles. The molecule has 2 rings (SSSR count). The second-order valence-electron chi connectivity index (χ2n) is 2.31. The van der Waals surface area contributed by atoms with Crippen molar-refractivity contribution in [2.45, 2.75) is 0 Å². The standard InChI is InChI=1S/C7H7N3O2.Ag/c1-12-5-3-2-4-6(7(5)11)9-10-8-4;/h2-3,11H,1H3,(H,8,9,10);/q;+1. The molecule has 2 aromatic rings. The Morgan fingerprint density at radius 1 is 1.38 bits per heavy atom. The number of benzene rings is 1. The zero-order valence-corrected chi connectivity index (χ0v) is 8.19. The van der Waals surface area contributed by atoms with Crippen molar-refractivity contribution in [1.29, 1.82) is 0 Å². The summed E-state index contributed by atoms with van der Waals surface area (Å²) in [4.78, 5) is 0. The Morgan fingerprint density at radius 2 is 2.15 bits per heavy atom. The molecule has 72 valence electrons. The quantitative estimate of drug-likeness (QED) is 0.749. The maximum atomic E-state index is 9.49. The van der Waals surface area contributed by atoms with Crippen molar-refractivity contribution < 1.29 is 32.2 Å². The number of hydrogen-bond acceptors (Lipinski definition) is 4. The number of hydrogen-bond donors (Lipinski definition) is 2. The molecule has 0 aliphatic carbocycles. The van der Waals surface area contributed by atoms with Crippen molar-refractivity contribution in [3.63, 3.8) is 0 Å². The molecule has 0 radical (unpaired) electrons. The summed E-state index contributed by atoms with van der Waals surface area (Å²) in [6.07, 6.45) is 0. The Hall–Kier alpha value is -1.04. The fraction of sp³-hybridized carbons (Fsp3) is 0.143. The number of phenols is 1. The van der Waals surface area contributed by atoms with Gasteiger partial charge in [-0.1, -0.05) is 0 Å². The van der Waals surface area contributed by atoms with Gasteiger partial charge < -0.3 is 9.84 Å². The molecule has 0 saturated heterocycles. The van der Waals surface area contributed by atoms with Crippen LogP contribution in [-0.2, 0) is 22.4 Å². The zero-order chi connectivity index (χ0) is 8.55. The van der Waals surface area contributed by atoms with Gasteiger partial charge in [0.25, 0.3) is 0 Å². The van der Waals surface area contributed by atoms with Gasteiger partial charge in [0.05, 0.1) is 7.11 Å². The fourth-order valence-corrected chi connectivity index (χ4v) is 1.04. The van der Waals surface area contributed by atoms with Gasteiger partial charge in [0.1, 0.15) is 5.52 Å². The molecular formula is C7H7AgN3O2+. The van der Waals surface area contributed by atoms with Crippen LogP contribution in [0.5, 0.6) is 11.5 Å². The van der Waals surface area contributed by atoms with E-state index >= 15 is 0 Å². The Balaban J connectivity index is 0.000000845. The van der Waals surface area contributed by atoms with Crippen LogP contribution < -0.4 is 4.74 Å². The minimum atomic E-state index is 0. The van der Waals surface area contributed by atoms with Gasteiger partial charge in [-0.2, -0.15) is 15.4 Å². The van der Waals surface area contributed by atoms with E-state index in [1.807, 2.05) is 0 Å². The molecular weight excluding hydrogens is 266 g/mol. The second kappa shape index (κ2) is 3.78. The maximum Gasteiger partial charge on any atom is 1.00 e. The molecule has 6 heteroatoms. The maximum absolute atomic E-state index is 9.49. The van der Waals surface area contributed by atoms with Gasteiger partial charge in [0.2, 0.25) is 0 Å². The SMILES string of the molecule is COc1ccc2n[nH]nc2c1O.[Ag+]. The normalized spacial score (nSPS) is 9.62. The summed E-state index contributed by atoms with van der Waals surface area (Å²) in [5.41, 5.74) is 1.04. The first-order valence-electron chi connectivity index (χ1n) is 3.39. The van der Waals surface area contributed by atoms with E-state index in [9.17, 15) is 5.11 Å². The van der Waals surface area contributed by atoms with E-state index in [-0.39, 0.29) is 28.1 Å². The van der Waals surface area contributed by atoms with Crippen LogP contribution in [0.25, 0.3) is 11.0 Å². The van der Waals surface area contributed by atoms with E-state index < -0.39 is 0 Å². The predicted octanol–water partition coefficient (Wildman–Crippen LogP) is 0.670. The van der Waals surface area contributed by atoms with Gasteiger partial charge in [0.15, 0.2) is 17.0 Å². The van der Waals surface area contributed by atoms with E-state index in [0.29, 0.717) is 16.8 Å². The molecule has 1 heterocycles. The first-order valence-corrected chi connectivity index (χ1v) is 3.39. The molecule has 13 heavy (non-hydrogen) atoms. The molecule has 0 fully saturated rings. The van der Waals surface area contributed by atoms with Crippen LogP contribution in [0.4, 0.5) is 0 Å². The Kier molecular flexibility index (Phi) is 2.92. The van der Waals surface area contributed by atoms with Crippen LogP contribution in [-0.4, -0.2) is 27.6 Å². The molecule has 0 aliphatic heterocycles. The van der Waals surface area contributed by atoms with Crippen molar-refractivity contribution in [1.82, 2.24) is 15.4 Å². The van der Waals surface area contributed by atoms with Crippen LogP contribution in [0.3, 0.4) is 0 Å². The third kappa shape index (κ3) is 1.53. The van der Waals surface area contributed by atoms with E-state index in [1.165, 1.54) is 7.11 Å². The molecule has 0 unspecified atom stereocenters. The number of aromatic hydroxyl groups is 1. The number of phenolic OH excluding ortho intramolecular Hbond substituents is 1. The number of aromatic amines is 1. The third-order valence-electron chi connectivity index (χ3n) is 1.65. The fourth-order valence-electron chi connectivity index (χ4n) is 1.04. The summed E-state index contributed by atoms with van der Waals surface area (Å²) >= 11 is 0. The minimum absolute atomic E-state index is 0. The van der Waals surface area contributed by atoms with Crippen molar-refractivity contribution in [3.8, 4) is 11.5 Å². The molecule has 0 amide bonds. The third-order valence-corrected chi connectivity index (χ3v) is 1.65. The van der Waals surface area contributed by atoms with Gasteiger partial charge >= 0.3 is 22.4 Å². The summed E-state index contributed by atoms with van der Waals surface area (Å²) in [6.45, 7) is 0. The van der Waals surface area contributed by atoms with Crippen LogP contribution in [0.15, 0.2) is 12.1 Å². The summed E-state index contributed by atoms with van der Waals surface area (Å²) in [5, 5.41) is 19.5. The molecule has 2 N–H and O–H groups in total. The molecule has 0 atom stereocenters. The van der Waals surface area contributed by atoms with Crippen molar-refractivity contribution in [2.75, 3.05) is 7.11 Å². The van der Waals surface area contributed by atoms with Gasteiger partial charge in [-0.25, -0.2) is 0 Å². The summed E-state index contributed by atoms with van der Waals surface area (Å²) in [7, 11) is 1.49. The number of nitrogens with zero attached hydrogens (tertiary/aromatic N) is 2. The Labute approximate surface area is 89.6 Å². The number of aromatic nitrogens is 3. The molecule has 0 bridgehead atoms. The zero-order valence-electron chi connectivity index (χ0n) is 6.71. The van der Waals surface area contributed by atoms with Gasteiger partial charge in [-0.05, 0) is 12.1 Å². The number of methoxy groups -OCH3 is 1.